The second kappa shape index (κ2) is 5.28. The minimum Gasteiger partial charge on any atom is -0.337 e. The van der Waals surface area contributed by atoms with Crippen LogP contribution in [0.4, 0.5) is 0 Å². The van der Waals surface area contributed by atoms with Crippen LogP contribution in [0.2, 0.25) is 0 Å². The lowest BCUT2D eigenvalue weighted by molar-refractivity contribution is 0.0780. The van der Waals surface area contributed by atoms with Crippen LogP contribution in [0.1, 0.15) is 42.7 Å². The van der Waals surface area contributed by atoms with Crippen molar-refractivity contribution in [2.75, 3.05) is 26.2 Å². The predicted molar refractivity (Wildman–Crippen MR) is 70.8 cm³/mol. The Kier molecular flexibility index (Phi) is 3.50. The molecule has 1 N–H and O–H groups in total. The highest BCUT2D eigenvalue weighted by Crippen LogP contribution is 2.22. The number of carbonyl (C=O) groups excluding carboxylic acids is 1. The molecule has 1 atom stereocenters. The molecule has 0 saturated carbocycles. The monoisotopic (exact) mass is 263 g/mol. The molecule has 1 unspecified atom stereocenters. The van der Waals surface area contributed by atoms with Crippen molar-refractivity contribution in [2.45, 2.75) is 32.2 Å². The van der Waals surface area contributed by atoms with E-state index in [9.17, 15) is 4.79 Å². The first-order valence-electron chi connectivity index (χ1n) is 7.19. The number of nitrogens with one attached hydrogen (secondary N) is 1. The molecule has 1 amide bonds. The molecule has 2 aliphatic heterocycles. The summed E-state index contributed by atoms with van der Waals surface area (Å²) in [5, 5.41) is 11.3. The van der Waals surface area contributed by atoms with Gasteiger partial charge in [-0.1, -0.05) is 18.6 Å². The van der Waals surface area contributed by atoms with E-state index in [0.717, 1.165) is 32.6 Å². The molecule has 3 heterocycles. The molecular weight excluding hydrogens is 242 g/mol. The average Bonchev–Trinajstić information content (AvgIpc) is 2.96. The standard InChI is InChI=1S/C13H21N5O/c1-2-3-10-4-5-17(8-10)13(19)12-9-18(16-15-12)11-6-14-7-11/h9-11,14H,2-8H2,1H3. The van der Waals surface area contributed by atoms with Crippen LogP contribution < -0.4 is 5.32 Å². The van der Waals surface area contributed by atoms with Crippen molar-refractivity contribution in [2.24, 2.45) is 5.92 Å². The molecule has 0 aromatic carbocycles. The van der Waals surface area contributed by atoms with Crippen LogP contribution in [0.25, 0.3) is 0 Å². The minimum atomic E-state index is 0.0390. The Labute approximate surface area is 113 Å². The van der Waals surface area contributed by atoms with Gasteiger partial charge in [0.25, 0.3) is 5.91 Å². The van der Waals surface area contributed by atoms with Crippen molar-refractivity contribution >= 4 is 5.91 Å². The van der Waals surface area contributed by atoms with E-state index in [1.807, 2.05) is 9.58 Å². The van der Waals surface area contributed by atoms with Gasteiger partial charge in [0.05, 0.1) is 12.2 Å². The van der Waals surface area contributed by atoms with E-state index >= 15 is 0 Å². The first kappa shape index (κ1) is 12.6. The molecule has 0 aliphatic carbocycles. The lowest BCUT2D eigenvalue weighted by Crippen LogP contribution is -2.43. The van der Waals surface area contributed by atoms with E-state index in [-0.39, 0.29) is 5.91 Å². The van der Waals surface area contributed by atoms with Crippen molar-refractivity contribution in [3.63, 3.8) is 0 Å². The Bertz CT molecular complexity index is 454. The topological polar surface area (TPSA) is 63.1 Å². The third-order valence-electron chi connectivity index (χ3n) is 4.13. The van der Waals surface area contributed by atoms with Crippen molar-refractivity contribution in [1.29, 1.82) is 0 Å². The van der Waals surface area contributed by atoms with Gasteiger partial charge in [0.1, 0.15) is 0 Å². The van der Waals surface area contributed by atoms with Gasteiger partial charge in [-0.25, -0.2) is 4.68 Å². The van der Waals surface area contributed by atoms with Gasteiger partial charge in [-0.15, -0.1) is 5.10 Å². The fourth-order valence-corrected chi connectivity index (χ4v) is 2.84. The summed E-state index contributed by atoms with van der Waals surface area (Å²) in [7, 11) is 0. The van der Waals surface area contributed by atoms with Gasteiger partial charge < -0.3 is 10.2 Å². The van der Waals surface area contributed by atoms with Crippen LogP contribution in [0.3, 0.4) is 0 Å². The zero-order valence-electron chi connectivity index (χ0n) is 11.4. The maximum absolute atomic E-state index is 12.3. The molecule has 6 heteroatoms. The van der Waals surface area contributed by atoms with Crippen LogP contribution in [0.5, 0.6) is 0 Å². The zero-order chi connectivity index (χ0) is 13.2. The van der Waals surface area contributed by atoms with Crippen LogP contribution in [0.15, 0.2) is 6.20 Å². The molecular formula is C13H21N5O. The number of aromatic nitrogens is 3. The summed E-state index contributed by atoms with van der Waals surface area (Å²) in [4.78, 5) is 14.3. The molecule has 1 aromatic rings. The van der Waals surface area contributed by atoms with Gasteiger partial charge >= 0.3 is 0 Å². The Balaban J connectivity index is 1.62. The van der Waals surface area contributed by atoms with Crippen LogP contribution in [-0.4, -0.2) is 52.0 Å². The SMILES string of the molecule is CCCC1CCN(C(=O)c2cn(C3CNC3)nn2)C1. The van der Waals surface area contributed by atoms with Gasteiger partial charge in [0.15, 0.2) is 5.69 Å². The van der Waals surface area contributed by atoms with E-state index in [2.05, 4.69) is 22.6 Å². The molecule has 6 nitrogen and oxygen atoms in total. The second-order valence-corrected chi connectivity index (χ2v) is 5.59. The Morgan fingerprint density at radius 3 is 3.05 bits per heavy atom. The normalized spacial score (nSPS) is 23.6. The second-order valence-electron chi connectivity index (χ2n) is 5.59. The zero-order valence-corrected chi connectivity index (χ0v) is 11.4. The number of nitrogens with zero attached hydrogens (tertiary/aromatic N) is 4. The molecule has 2 fully saturated rings. The van der Waals surface area contributed by atoms with Crippen molar-refractivity contribution in [3.05, 3.63) is 11.9 Å². The summed E-state index contributed by atoms with van der Waals surface area (Å²) >= 11 is 0. The Morgan fingerprint density at radius 1 is 1.53 bits per heavy atom. The Morgan fingerprint density at radius 2 is 2.37 bits per heavy atom. The first-order valence-corrected chi connectivity index (χ1v) is 7.19. The lowest BCUT2D eigenvalue weighted by atomic mass is 10.0. The number of rotatable bonds is 4. The summed E-state index contributed by atoms with van der Waals surface area (Å²) in [6.45, 7) is 5.77. The molecule has 2 aliphatic rings. The first-order chi connectivity index (χ1) is 9.28. The van der Waals surface area contributed by atoms with Crippen LogP contribution in [-0.2, 0) is 0 Å². The molecule has 104 valence electrons. The highest BCUT2D eigenvalue weighted by atomic mass is 16.2. The highest BCUT2D eigenvalue weighted by Gasteiger charge is 2.29. The van der Waals surface area contributed by atoms with Gasteiger partial charge in [-0.3, -0.25) is 4.79 Å². The van der Waals surface area contributed by atoms with E-state index in [4.69, 9.17) is 0 Å². The predicted octanol–water partition coefficient (Wildman–Crippen LogP) is 0.685. The summed E-state index contributed by atoms with van der Waals surface area (Å²) in [6.07, 6.45) is 5.32. The smallest absolute Gasteiger partial charge is 0.276 e. The van der Waals surface area contributed by atoms with E-state index in [0.29, 0.717) is 17.7 Å². The Hall–Kier alpha value is -1.43. The third kappa shape index (κ3) is 2.49. The molecule has 1 aromatic heterocycles. The van der Waals surface area contributed by atoms with E-state index in [1.165, 1.54) is 12.8 Å². The molecule has 3 rings (SSSR count). The van der Waals surface area contributed by atoms with Crippen LogP contribution in [0, 0.1) is 5.92 Å². The summed E-state index contributed by atoms with van der Waals surface area (Å²) < 4.78 is 1.81. The number of hydrogen-bond acceptors (Lipinski definition) is 4. The number of likely N-dealkylation sites (tertiary alicyclic amines) is 1. The molecule has 2 saturated heterocycles. The van der Waals surface area contributed by atoms with Crippen LogP contribution >= 0.6 is 0 Å². The average molecular weight is 263 g/mol. The van der Waals surface area contributed by atoms with Crippen molar-refractivity contribution in [3.8, 4) is 0 Å². The summed E-state index contributed by atoms with van der Waals surface area (Å²) in [6, 6.07) is 0.362. The number of carbonyl (C=O) groups is 1. The number of hydrogen-bond donors (Lipinski definition) is 1. The summed E-state index contributed by atoms with van der Waals surface area (Å²) in [5.41, 5.74) is 0.490. The number of amides is 1. The van der Waals surface area contributed by atoms with Crippen molar-refractivity contribution in [1.82, 2.24) is 25.2 Å². The largest absolute Gasteiger partial charge is 0.337 e. The van der Waals surface area contributed by atoms with Crippen molar-refractivity contribution < 1.29 is 4.79 Å². The quantitative estimate of drug-likeness (QED) is 0.868. The van der Waals surface area contributed by atoms with E-state index < -0.39 is 0 Å². The molecule has 0 bridgehead atoms. The minimum absolute atomic E-state index is 0.0390. The van der Waals surface area contributed by atoms with Gasteiger partial charge in [-0.05, 0) is 18.8 Å². The third-order valence-corrected chi connectivity index (χ3v) is 4.13. The fourth-order valence-electron chi connectivity index (χ4n) is 2.84. The lowest BCUT2D eigenvalue weighted by Gasteiger charge is -2.26. The van der Waals surface area contributed by atoms with Gasteiger partial charge in [0.2, 0.25) is 0 Å². The molecule has 0 spiro atoms. The molecule has 0 radical (unpaired) electrons. The summed E-state index contributed by atoms with van der Waals surface area (Å²) in [5.74, 6) is 0.706. The highest BCUT2D eigenvalue weighted by molar-refractivity contribution is 5.92. The van der Waals surface area contributed by atoms with Gasteiger partial charge in [-0.2, -0.15) is 0 Å². The van der Waals surface area contributed by atoms with E-state index in [1.54, 1.807) is 6.20 Å². The maximum Gasteiger partial charge on any atom is 0.276 e. The molecule has 19 heavy (non-hydrogen) atoms. The maximum atomic E-state index is 12.3. The fraction of sp³-hybridized carbons (Fsp3) is 0.769. The van der Waals surface area contributed by atoms with Gasteiger partial charge in [0, 0.05) is 26.2 Å².